The van der Waals surface area contributed by atoms with Crippen LogP contribution in [0.25, 0.3) is 0 Å². The lowest BCUT2D eigenvalue weighted by Crippen LogP contribution is -2.38. The van der Waals surface area contributed by atoms with Crippen molar-refractivity contribution in [3.05, 3.63) is 124 Å². The van der Waals surface area contributed by atoms with Gasteiger partial charge in [-0.25, -0.2) is 4.98 Å². The molecule has 10 heteroatoms. The van der Waals surface area contributed by atoms with Gasteiger partial charge in [-0.2, -0.15) is 0 Å². The molecule has 2 aromatic heterocycles. The second-order valence-corrected chi connectivity index (χ2v) is 11.4. The summed E-state index contributed by atoms with van der Waals surface area (Å²) >= 11 is 3.70. The first-order valence-corrected chi connectivity index (χ1v) is 14.2. The lowest BCUT2D eigenvalue weighted by molar-refractivity contribution is -0.105. The summed E-state index contributed by atoms with van der Waals surface area (Å²) in [5.41, 5.74) is 2.95. The number of anilines is 1. The van der Waals surface area contributed by atoms with Gasteiger partial charge in [0, 0.05) is 5.38 Å². The van der Waals surface area contributed by atoms with E-state index in [1.165, 1.54) is 29.8 Å². The fourth-order valence-corrected chi connectivity index (χ4v) is 6.51. The molecule has 0 bridgehead atoms. The fraction of sp³-hybridized carbons (Fsp3) is 0.107. The number of thiazole rings is 1. The van der Waals surface area contributed by atoms with Gasteiger partial charge in [0.25, 0.3) is 0 Å². The molecular formula is C28H23N5O2S3. The van der Waals surface area contributed by atoms with Gasteiger partial charge in [0.1, 0.15) is 23.4 Å². The molecule has 0 atom stereocenters. The number of oxime groups is 1. The molecule has 0 amide bonds. The highest BCUT2D eigenvalue weighted by Gasteiger charge is 2.37. The van der Waals surface area contributed by atoms with E-state index in [9.17, 15) is 4.79 Å². The number of nitrogens with zero attached hydrogens (tertiary/aromatic N) is 4. The zero-order valence-corrected chi connectivity index (χ0v) is 23.0. The smallest absolute Gasteiger partial charge is 0.250 e. The SMILES string of the molecule is CO/N=C(\C(=O)Sc1nnc(C)s1)c1csc(NC(c2ccccc2)(c2ccccc2)c2ccccc2)n1. The number of aromatic nitrogens is 3. The Labute approximate surface area is 232 Å². The predicted octanol–water partition coefficient (Wildman–Crippen LogP) is 6.38. The van der Waals surface area contributed by atoms with Crippen LogP contribution in [0.5, 0.6) is 0 Å². The Kier molecular flexibility index (Phi) is 7.92. The van der Waals surface area contributed by atoms with Gasteiger partial charge in [0.2, 0.25) is 5.12 Å². The zero-order valence-electron chi connectivity index (χ0n) is 20.6. The number of benzene rings is 3. The number of hydrogen-bond donors (Lipinski definition) is 1. The summed E-state index contributed by atoms with van der Waals surface area (Å²) < 4.78 is 0.543. The van der Waals surface area contributed by atoms with Crippen LogP contribution >= 0.6 is 34.4 Å². The number of carbonyl (C=O) groups is 1. The molecule has 190 valence electrons. The number of rotatable bonds is 9. The van der Waals surface area contributed by atoms with Crippen molar-refractivity contribution in [2.45, 2.75) is 16.8 Å². The quantitative estimate of drug-likeness (QED) is 0.0974. The average Bonchev–Trinajstić information content (AvgIpc) is 3.60. The van der Waals surface area contributed by atoms with Crippen LogP contribution in [0.3, 0.4) is 0 Å². The first-order chi connectivity index (χ1) is 18.6. The maximum Gasteiger partial charge on any atom is 0.250 e. The van der Waals surface area contributed by atoms with Crippen LogP contribution in [0.15, 0.2) is 106 Å². The van der Waals surface area contributed by atoms with Crippen molar-refractivity contribution in [3.63, 3.8) is 0 Å². The van der Waals surface area contributed by atoms with Crippen LogP contribution in [0.4, 0.5) is 5.13 Å². The normalized spacial score (nSPS) is 11.8. The lowest BCUT2D eigenvalue weighted by Gasteiger charge is -2.36. The summed E-state index contributed by atoms with van der Waals surface area (Å²) in [5, 5.41) is 18.6. The summed E-state index contributed by atoms with van der Waals surface area (Å²) in [6.07, 6.45) is 0. The first-order valence-electron chi connectivity index (χ1n) is 11.6. The third-order valence-electron chi connectivity index (χ3n) is 5.73. The molecule has 0 fully saturated rings. The Morgan fingerprint density at radius 3 is 1.92 bits per heavy atom. The Balaban J connectivity index is 1.56. The number of carbonyl (C=O) groups excluding carboxylic acids is 1. The van der Waals surface area contributed by atoms with Crippen LogP contribution in [-0.2, 0) is 15.2 Å². The highest BCUT2D eigenvalue weighted by molar-refractivity contribution is 8.16. The minimum absolute atomic E-state index is 0.111. The molecule has 38 heavy (non-hydrogen) atoms. The van der Waals surface area contributed by atoms with Gasteiger partial charge in [0.15, 0.2) is 15.2 Å². The van der Waals surface area contributed by atoms with Crippen molar-refractivity contribution >= 4 is 50.4 Å². The Morgan fingerprint density at radius 2 is 1.45 bits per heavy atom. The van der Waals surface area contributed by atoms with Crippen LogP contribution in [0.2, 0.25) is 0 Å². The molecule has 0 saturated heterocycles. The van der Waals surface area contributed by atoms with Gasteiger partial charge in [-0.1, -0.05) is 107 Å². The minimum atomic E-state index is -0.736. The summed E-state index contributed by atoms with van der Waals surface area (Å²) in [6, 6.07) is 30.8. The molecule has 0 aliphatic rings. The van der Waals surface area contributed by atoms with E-state index in [4.69, 9.17) is 9.82 Å². The molecule has 3 aromatic carbocycles. The van der Waals surface area contributed by atoms with Crippen molar-refractivity contribution in [1.82, 2.24) is 15.2 Å². The van der Waals surface area contributed by atoms with E-state index in [1.807, 2.05) is 61.5 Å². The van der Waals surface area contributed by atoms with E-state index < -0.39 is 5.54 Å². The molecule has 0 saturated carbocycles. The minimum Gasteiger partial charge on any atom is -0.398 e. The standard InChI is InChI=1S/C28H23N5O2S3/c1-19-31-32-27(37-19)38-25(34)24(33-35-2)23-18-36-26(29-23)30-28(20-12-6-3-7-13-20,21-14-8-4-9-15-21)22-16-10-5-11-17-22/h3-18H,1-2H3,(H,29,30)/b33-24-. The molecule has 0 spiro atoms. The van der Waals surface area contributed by atoms with Crippen molar-refractivity contribution in [3.8, 4) is 0 Å². The second kappa shape index (κ2) is 11.7. The van der Waals surface area contributed by atoms with Gasteiger partial charge in [-0.05, 0) is 35.4 Å². The third-order valence-corrected chi connectivity index (χ3v) is 8.25. The monoisotopic (exact) mass is 557 g/mol. The molecule has 0 aliphatic carbocycles. The molecule has 2 heterocycles. The van der Waals surface area contributed by atoms with Crippen LogP contribution in [0.1, 0.15) is 27.4 Å². The zero-order chi connectivity index (χ0) is 26.4. The van der Waals surface area contributed by atoms with E-state index >= 15 is 0 Å². The van der Waals surface area contributed by atoms with Gasteiger partial charge >= 0.3 is 0 Å². The molecule has 7 nitrogen and oxygen atoms in total. The molecule has 5 rings (SSSR count). The summed E-state index contributed by atoms with van der Waals surface area (Å²) in [7, 11) is 1.41. The lowest BCUT2D eigenvalue weighted by atomic mass is 9.77. The number of aryl methyl sites for hydroxylation is 1. The highest BCUT2D eigenvalue weighted by atomic mass is 32.2. The van der Waals surface area contributed by atoms with Crippen molar-refractivity contribution in [2.24, 2.45) is 5.16 Å². The van der Waals surface area contributed by atoms with Crippen molar-refractivity contribution in [2.75, 3.05) is 12.4 Å². The first kappa shape index (κ1) is 25.8. The molecule has 0 unspecified atom stereocenters. The Hall–Kier alpha value is -3.86. The van der Waals surface area contributed by atoms with Gasteiger partial charge in [-0.3, -0.25) is 4.79 Å². The Bertz CT molecular complexity index is 1440. The maximum absolute atomic E-state index is 13.1. The van der Waals surface area contributed by atoms with Crippen LogP contribution < -0.4 is 5.32 Å². The molecule has 5 aromatic rings. The van der Waals surface area contributed by atoms with E-state index in [0.717, 1.165) is 33.5 Å². The molecule has 1 N–H and O–H groups in total. The Morgan fingerprint density at radius 1 is 0.895 bits per heavy atom. The van der Waals surface area contributed by atoms with E-state index in [2.05, 4.69) is 57.1 Å². The van der Waals surface area contributed by atoms with Crippen molar-refractivity contribution in [1.29, 1.82) is 0 Å². The van der Waals surface area contributed by atoms with Crippen molar-refractivity contribution < 1.29 is 9.63 Å². The third kappa shape index (κ3) is 5.38. The van der Waals surface area contributed by atoms with Gasteiger partial charge in [0.05, 0.1) is 0 Å². The maximum atomic E-state index is 13.1. The van der Waals surface area contributed by atoms with E-state index in [0.29, 0.717) is 15.2 Å². The van der Waals surface area contributed by atoms with E-state index in [-0.39, 0.29) is 10.8 Å². The largest absolute Gasteiger partial charge is 0.398 e. The topological polar surface area (TPSA) is 89.4 Å². The van der Waals surface area contributed by atoms with Gasteiger partial charge < -0.3 is 10.2 Å². The summed E-state index contributed by atoms with van der Waals surface area (Å²) in [6.45, 7) is 1.84. The predicted molar refractivity (Wildman–Crippen MR) is 154 cm³/mol. The highest BCUT2D eigenvalue weighted by Crippen LogP contribution is 2.40. The van der Waals surface area contributed by atoms with Gasteiger partial charge in [-0.15, -0.1) is 21.5 Å². The fourth-order valence-electron chi connectivity index (χ4n) is 4.11. The average molecular weight is 558 g/mol. The van der Waals surface area contributed by atoms with Crippen LogP contribution in [-0.4, -0.2) is 33.1 Å². The number of nitrogens with one attached hydrogen (secondary N) is 1. The van der Waals surface area contributed by atoms with Crippen LogP contribution in [0, 0.1) is 6.92 Å². The van der Waals surface area contributed by atoms with E-state index in [1.54, 1.807) is 5.38 Å². The summed E-state index contributed by atoms with van der Waals surface area (Å²) in [4.78, 5) is 22.9. The molecular weight excluding hydrogens is 535 g/mol. The number of hydrogen-bond acceptors (Lipinski definition) is 10. The molecule has 0 aliphatic heterocycles. The molecule has 0 radical (unpaired) electrons. The summed E-state index contributed by atoms with van der Waals surface area (Å²) in [5.74, 6) is 0. The number of thioether (sulfide) groups is 1. The second-order valence-electron chi connectivity index (χ2n) is 8.11.